The predicted octanol–water partition coefficient (Wildman–Crippen LogP) is 0.459. The summed E-state index contributed by atoms with van der Waals surface area (Å²) in [5.74, 6) is -0.466. The van der Waals surface area contributed by atoms with Crippen LogP contribution in [0.15, 0.2) is 0 Å². The zero-order valence-corrected chi connectivity index (χ0v) is 9.39. The van der Waals surface area contributed by atoms with Gasteiger partial charge in [-0.05, 0) is 19.3 Å². The highest BCUT2D eigenvalue weighted by atomic mass is 32.1. The molecule has 2 N–H and O–H groups in total. The quantitative estimate of drug-likeness (QED) is 0.733. The number of amides is 2. The number of carbonyl (C=O) groups is 2. The van der Waals surface area contributed by atoms with Crippen molar-refractivity contribution in [1.82, 2.24) is 10.3 Å². The first-order valence-electron chi connectivity index (χ1n) is 5.31. The number of thiazole rings is 1. The molecule has 1 fully saturated rings. The van der Waals surface area contributed by atoms with Gasteiger partial charge < -0.3 is 5.32 Å². The van der Waals surface area contributed by atoms with Gasteiger partial charge in [-0.25, -0.2) is 4.98 Å². The van der Waals surface area contributed by atoms with Crippen LogP contribution in [0.4, 0.5) is 5.13 Å². The van der Waals surface area contributed by atoms with Crippen LogP contribution in [0.2, 0.25) is 0 Å². The number of nitrogens with one attached hydrogen (secondary N) is 2. The maximum atomic E-state index is 11.3. The zero-order chi connectivity index (χ0) is 11.1. The van der Waals surface area contributed by atoms with Crippen molar-refractivity contribution in [2.24, 2.45) is 0 Å². The SMILES string of the molecule is O=C1CC(Nc2nc3c(s2)CCC3)C(=O)N1. The van der Waals surface area contributed by atoms with E-state index < -0.39 is 6.04 Å². The molecule has 5 nitrogen and oxygen atoms in total. The van der Waals surface area contributed by atoms with Crippen LogP contribution in [0.5, 0.6) is 0 Å². The van der Waals surface area contributed by atoms with E-state index in [1.54, 1.807) is 11.3 Å². The van der Waals surface area contributed by atoms with Gasteiger partial charge in [0.05, 0.1) is 12.1 Å². The van der Waals surface area contributed by atoms with Crippen molar-refractivity contribution in [1.29, 1.82) is 0 Å². The summed E-state index contributed by atoms with van der Waals surface area (Å²) >= 11 is 1.60. The summed E-state index contributed by atoms with van der Waals surface area (Å²) in [6.07, 6.45) is 3.51. The Kier molecular flexibility index (Phi) is 2.17. The Balaban J connectivity index is 1.74. The Bertz CT molecular complexity index is 447. The minimum atomic E-state index is -0.446. The van der Waals surface area contributed by atoms with Gasteiger partial charge in [-0.15, -0.1) is 11.3 Å². The molecule has 6 heteroatoms. The van der Waals surface area contributed by atoms with E-state index >= 15 is 0 Å². The summed E-state index contributed by atoms with van der Waals surface area (Å²) in [7, 11) is 0. The first-order valence-corrected chi connectivity index (χ1v) is 6.13. The Morgan fingerprint density at radius 1 is 1.38 bits per heavy atom. The highest BCUT2D eigenvalue weighted by Gasteiger charge is 2.31. The minimum absolute atomic E-state index is 0.211. The number of hydrogen-bond acceptors (Lipinski definition) is 5. The van der Waals surface area contributed by atoms with Gasteiger partial charge in [-0.1, -0.05) is 0 Å². The van der Waals surface area contributed by atoms with Crippen LogP contribution >= 0.6 is 11.3 Å². The van der Waals surface area contributed by atoms with Gasteiger partial charge in [0, 0.05) is 4.88 Å². The molecule has 16 heavy (non-hydrogen) atoms. The van der Waals surface area contributed by atoms with Crippen molar-refractivity contribution in [2.75, 3.05) is 5.32 Å². The van der Waals surface area contributed by atoms with E-state index in [-0.39, 0.29) is 18.2 Å². The summed E-state index contributed by atoms with van der Waals surface area (Å²) in [6, 6.07) is -0.446. The Morgan fingerprint density at radius 2 is 2.25 bits per heavy atom. The lowest BCUT2D eigenvalue weighted by Gasteiger charge is -2.06. The third-order valence-corrected chi connectivity index (χ3v) is 3.95. The second kappa shape index (κ2) is 3.55. The van der Waals surface area contributed by atoms with E-state index in [4.69, 9.17) is 0 Å². The van der Waals surface area contributed by atoms with Crippen LogP contribution in [0.3, 0.4) is 0 Å². The van der Waals surface area contributed by atoms with Gasteiger partial charge in [0.25, 0.3) is 0 Å². The molecule has 2 amide bonds. The summed E-state index contributed by atoms with van der Waals surface area (Å²) < 4.78 is 0. The van der Waals surface area contributed by atoms with Gasteiger partial charge in [0.2, 0.25) is 11.8 Å². The summed E-state index contributed by atoms with van der Waals surface area (Å²) in [6.45, 7) is 0. The van der Waals surface area contributed by atoms with Crippen molar-refractivity contribution >= 4 is 28.3 Å². The van der Waals surface area contributed by atoms with Crippen LogP contribution in [0, 0.1) is 0 Å². The molecule has 1 saturated heterocycles. The van der Waals surface area contributed by atoms with Crippen LogP contribution in [0.25, 0.3) is 0 Å². The van der Waals surface area contributed by atoms with Gasteiger partial charge >= 0.3 is 0 Å². The molecule has 1 atom stereocenters. The first kappa shape index (κ1) is 9.77. The van der Waals surface area contributed by atoms with Gasteiger partial charge in [-0.3, -0.25) is 14.9 Å². The zero-order valence-electron chi connectivity index (χ0n) is 8.58. The summed E-state index contributed by atoms with van der Waals surface area (Å²) in [5, 5.41) is 6.06. The van der Waals surface area contributed by atoms with Crippen LogP contribution < -0.4 is 10.6 Å². The molecular weight excluding hydrogens is 226 g/mol. The molecule has 0 radical (unpaired) electrons. The highest BCUT2D eigenvalue weighted by Crippen LogP contribution is 2.31. The number of anilines is 1. The number of fused-ring (bicyclic) bond motifs is 1. The Hall–Kier alpha value is -1.43. The number of aromatic nitrogens is 1. The molecule has 1 unspecified atom stereocenters. The molecule has 2 aliphatic rings. The normalized spacial score (nSPS) is 23.4. The lowest BCUT2D eigenvalue weighted by Crippen LogP contribution is -2.29. The maximum Gasteiger partial charge on any atom is 0.249 e. The molecule has 0 bridgehead atoms. The van der Waals surface area contributed by atoms with E-state index in [0.717, 1.165) is 23.7 Å². The maximum absolute atomic E-state index is 11.3. The molecule has 0 spiro atoms. The lowest BCUT2D eigenvalue weighted by molar-refractivity contribution is -0.124. The summed E-state index contributed by atoms with van der Waals surface area (Å²) in [5.41, 5.74) is 1.15. The predicted molar refractivity (Wildman–Crippen MR) is 59.3 cm³/mol. The molecule has 0 saturated carbocycles. The molecule has 1 aliphatic carbocycles. The fourth-order valence-electron chi connectivity index (χ4n) is 2.07. The molecule has 1 aromatic heterocycles. The third kappa shape index (κ3) is 1.59. The second-order valence-electron chi connectivity index (χ2n) is 4.06. The number of hydrogen-bond donors (Lipinski definition) is 2. The van der Waals surface area contributed by atoms with Gasteiger partial charge in [0.1, 0.15) is 6.04 Å². The molecule has 84 valence electrons. The van der Waals surface area contributed by atoms with Gasteiger partial charge in [-0.2, -0.15) is 0 Å². The van der Waals surface area contributed by atoms with Crippen molar-refractivity contribution in [3.8, 4) is 0 Å². The topological polar surface area (TPSA) is 71.1 Å². The number of imide groups is 1. The summed E-state index contributed by atoms with van der Waals surface area (Å²) in [4.78, 5) is 28.1. The van der Waals surface area contributed by atoms with E-state index in [1.165, 1.54) is 11.3 Å². The van der Waals surface area contributed by atoms with E-state index in [0.29, 0.717) is 0 Å². The lowest BCUT2D eigenvalue weighted by atomic mass is 10.2. The van der Waals surface area contributed by atoms with E-state index in [9.17, 15) is 9.59 Å². The van der Waals surface area contributed by atoms with E-state index in [2.05, 4.69) is 15.6 Å². The smallest absolute Gasteiger partial charge is 0.249 e. The fourth-order valence-corrected chi connectivity index (χ4v) is 3.17. The largest absolute Gasteiger partial charge is 0.349 e. The molecule has 0 aromatic carbocycles. The standard InChI is InChI=1S/C10H11N3O2S/c14-8-4-6(9(15)13-8)12-10-11-5-2-1-3-7(5)16-10/h6H,1-4H2,(H,11,12)(H,13,14,15). The van der Waals surface area contributed by atoms with Gasteiger partial charge in [0.15, 0.2) is 5.13 Å². The molecule has 1 aliphatic heterocycles. The molecule has 2 heterocycles. The molecule has 3 rings (SSSR count). The number of aryl methyl sites for hydroxylation is 2. The van der Waals surface area contributed by atoms with Crippen molar-refractivity contribution in [3.63, 3.8) is 0 Å². The number of nitrogens with zero attached hydrogens (tertiary/aromatic N) is 1. The second-order valence-corrected chi connectivity index (χ2v) is 5.14. The molecule has 1 aromatic rings. The molecular formula is C10H11N3O2S. The van der Waals surface area contributed by atoms with Crippen molar-refractivity contribution in [3.05, 3.63) is 10.6 Å². The average Bonchev–Trinajstić information content (AvgIpc) is 2.82. The minimum Gasteiger partial charge on any atom is -0.349 e. The van der Waals surface area contributed by atoms with Crippen molar-refractivity contribution in [2.45, 2.75) is 31.7 Å². The van der Waals surface area contributed by atoms with Crippen LogP contribution in [-0.2, 0) is 22.4 Å². The highest BCUT2D eigenvalue weighted by molar-refractivity contribution is 7.15. The first-order chi connectivity index (χ1) is 7.72. The number of rotatable bonds is 2. The third-order valence-electron chi connectivity index (χ3n) is 2.86. The fraction of sp³-hybridized carbons (Fsp3) is 0.500. The van der Waals surface area contributed by atoms with Crippen molar-refractivity contribution < 1.29 is 9.59 Å². The van der Waals surface area contributed by atoms with Crippen LogP contribution in [0.1, 0.15) is 23.4 Å². The Morgan fingerprint density at radius 3 is 2.94 bits per heavy atom. The average molecular weight is 237 g/mol. The monoisotopic (exact) mass is 237 g/mol. The Labute approximate surface area is 96.3 Å². The van der Waals surface area contributed by atoms with Crippen LogP contribution in [-0.4, -0.2) is 22.8 Å². The number of carbonyl (C=O) groups excluding carboxylic acids is 2. The van der Waals surface area contributed by atoms with E-state index in [1.807, 2.05) is 0 Å².